The summed E-state index contributed by atoms with van der Waals surface area (Å²) >= 11 is 0. The molecule has 9 heteroatoms. The number of carbonyl (C=O) groups excluding carboxylic acids is 2. The summed E-state index contributed by atoms with van der Waals surface area (Å²) in [6.07, 6.45) is -0.0585. The quantitative estimate of drug-likeness (QED) is 0.182. The van der Waals surface area contributed by atoms with E-state index in [9.17, 15) is 24.9 Å². The molecule has 0 radical (unpaired) electrons. The van der Waals surface area contributed by atoms with Crippen LogP contribution >= 0.6 is 0 Å². The third-order valence-electron chi connectivity index (χ3n) is 6.16. The van der Waals surface area contributed by atoms with Crippen molar-refractivity contribution in [3.05, 3.63) is 95.1 Å². The maximum Gasteiger partial charge on any atom is 0.316 e. The molecule has 0 aliphatic rings. The average Bonchev–Trinajstić information content (AvgIpc) is 2.87. The highest BCUT2D eigenvalue weighted by atomic mass is 16.3. The minimum absolute atomic E-state index is 0.128. The summed E-state index contributed by atoms with van der Waals surface area (Å²) in [6, 6.07) is 20.3. The molecule has 38 heavy (non-hydrogen) atoms. The summed E-state index contributed by atoms with van der Waals surface area (Å²) in [6.45, 7) is 4.08. The highest BCUT2D eigenvalue weighted by Crippen LogP contribution is 2.27. The van der Waals surface area contributed by atoms with Gasteiger partial charge in [-0.25, -0.2) is 4.79 Å². The number of urea groups is 1. The fraction of sp³-hybridized carbons (Fsp3) is 0.310. The maximum absolute atomic E-state index is 12.7. The molecule has 0 bridgehead atoms. The average molecular weight is 521 g/mol. The number of rotatable bonds is 12. The molecule has 9 nitrogen and oxygen atoms in total. The lowest BCUT2D eigenvalue weighted by molar-refractivity contribution is -0.121. The van der Waals surface area contributed by atoms with Gasteiger partial charge in [0.2, 0.25) is 5.91 Å². The zero-order valence-electron chi connectivity index (χ0n) is 21.6. The number of aliphatic hydroxyl groups excluding tert-OH is 2. The Morgan fingerprint density at radius 2 is 1.66 bits per heavy atom. The van der Waals surface area contributed by atoms with Gasteiger partial charge in [0.1, 0.15) is 5.75 Å². The Hall–Kier alpha value is -3.92. The van der Waals surface area contributed by atoms with Gasteiger partial charge in [-0.2, -0.15) is 0 Å². The molecule has 0 aliphatic carbocycles. The van der Waals surface area contributed by atoms with Crippen LogP contribution in [-0.4, -0.2) is 45.9 Å². The van der Waals surface area contributed by atoms with E-state index in [4.69, 9.17) is 5.73 Å². The Kier molecular flexibility index (Phi) is 9.84. The molecule has 3 aromatic rings. The van der Waals surface area contributed by atoms with E-state index in [-0.39, 0.29) is 42.5 Å². The van der Waals surface area contributed by atoms with Crippen LogP contribution in [0.4, 0.5) is 10.5 Å². The van der Waals surface area contributed by atoms with Gasteiger partial charge in [-0.15, -0.1) is 0 Å². The number of amides is 3. The van der Waals surface area contributed by atoms with Gasteiger partial charge in [-0.1, -0.05) is 60.7 Å². The van der Waals surface area contributed by atoms with Gasteiger partial charge < -0.3 is 37.0 Å². The molecule has 3 amide bonds. The van der Waals surface area contributed by atoms with Gasteiger partial charge in [0, 0.05) is 12.1 Å². The topological polar surface area (TPSA) is 157 Å². The molecule has 0 aliphatic heterocycles. The zero-order chi connectivity index (χ0) is 27.7. The van der Waals surface area contributed by atoms with Gasteiger partial charge in [-0.3, -0.25) is 4.79 Å². The Labute approximate surface area is 222 Å². The summed E-state index contributed by atoms with van der Waals surface area (Å²) in [4.78, 5) is 23.8. The van der Waals surface area contributed by atoms with Gasteiger partial charge >= 0.3 is 6.03 Å². The molecule has 3 rings (SSSR count). The Bertz CT molecular complexity index is 1230. The monoisotopic (exact) mass is 520 g/mol. The third-order valence-corrected chi connectivity index (χ3v) is 6.16. The van der Waals surface area contributed by atoms with Crippen molar-refractivity contribution in [3.8, 4) is 5.75 Å². The summed E-state index contributed by atoms with van der Waals surface area (Å²) in [5.41, 5.74) is 8.12. The number of primary amides is 1. The van der Waals surface area contributed by atoms with Crippen molar-refractivity contribution >= 4 is 17.6 Å². The molecule has 0 saturated carbocycles. The van der Waals surface area contributed by atoms with E-state index in [2.05, 4.69) is 16.0 Å². The number of nitrogens with one attached hydrogen (secondary N) is 3. The van der Waals surface area contributed by atoms with Crippen LogP contribution in [0.1, 0.15) is 48.2 Å². The summed E-state index contributed by atoms with van der Waals surface area (Å²) in [5, 5.41) is 38.8. The number of anilines is 1. The van der Waals surface area contributed by atoms with Gasteiger partial charge in [0.05, 0.1) is 30.9 Å². The highest BCUT2D eigenvalue weighted by Gasteiger charge is 2.21. The maximum atomic E-state index is 12.7. The molecular weight excluding hydrogens is 484 g/mol. The molecule has 8 N–H and O–H groups in total. The smallest absolute Gasteiger partial charge is 0.316 e. The molecule has 2 atom stereocenters. The first kappa shape index (κ1) is 28.6. The lowest BCUT2D eigenvalue weighted by atomic mass is 9.93. The SMILES string of the molecule is CC(C)(Cc1cccc(CC(=O)N[C@H](CO)c2ccccc2)c1)NC[C@H](O)c1ccc(O)c(NC(N)=O)c1. The van der Waals surface area contributed by atoms with Crippen LogP contribution in [0.2, 0.25) is 0 Å². The van der Waals surface area contributed by atoms with Crippen molar-refractivity contribution in [2.24, 2.45) is 5.73 Å². The number of carbonyl (C=O) groups is 2. The van der Waals surface area contributed by atoms with Crippen molar-refractivity contribution in [2.45, 2.75) is 44.4 Å². The Balaban J connectivity index is 1.57. The largest absolute Gasteiger partial charge is 0.506 e. The Morgan fingerprint density at radius 1 is 0.947 bits per heavy atom. The van der Waals surface area contributed by atoms with Crippen LogP contribution < -0.4 is 21.7 Å². The molecule has 0 unspecified atom stereocenters. The van der Waals surface area contributed by atoms with E-state index in [1.165, 1.54) is 12.1 Å². The van der Waals surface area contributed by atoms with Gasteiger partial charge in [0.15, 0.2) is 0 Å². The van der Waals surface area contributed by atoms with Crippen molar-refractivity contribution in [2.75, 3.05) is 18.5 Å². The van der Waals surface area contributed by atoms with Crippen LogP contribution in [0, 0.1) is 0 Å². The van der Waals surface area contributed by atoms with Gasteiger partial charge in [0.25, 0.3) is 0 Å². The van der Waals surface area contributed by atoms with Crippen LogP contribution in [-0.2, 0) is 17.6 Å². The van der Waals surface area contributed by atoms with Gasteiger partial charge in [-0.05, 0) is 54.7 Å². The molecule has 0 heterocycles. The highest BCUT2D eigenvalue weighted by molar-refractivity contribution is 5.89. The fourth-order valence-corrected chi connectivity index (χ4v) is 4.26. The standard InChI is InChI=1S/C29H36N4O5/c1-29(2,31-17-26(36)22-11-12-25(35)23(15-22)33-28(30)38)16-20-8-6-7-19(13-20)14-27(37)32-24(18-34)21-9-4-3-5-10-21/h3-13,15,24,26,31,34-36H,14,16-18H2,1-2H3,(H,32,37)(H3,30,33,38)/t24-,26+/m1/s1. The lowest BCUT2D eigenvalue weighted by Crippen LogP contribution is -2.43. The summed E-state index contributed by atoms with van der Waals surface area (Å²) in [7, 11) is 0. The van der Waals surface area contributed by atoms with E-state index >= 15 is 0 Å². The predicted molar refractivity (Wildman–Crippen MR) is 147 cm³/mol. The number of nitrogens with two attached hydrogens (primary N) is 1. The number of benzene rings is 3. The van der Waals surface area contributed by atoms with Crippen molar-refractivity contribution < 1.29 is 24.9 Å². The lowest BCUT2D eigenvalue weighted by Gasteiger charge is -2.28. The molecule has 0 saturated heterocycles. The minimum Gasteiger partial charge on any atom is -0.506 e. The number of β-amino-alcohol motifs (C(OH)–C–C–N with tert-alkyl or cyclic N) is 1. The predicted octanol–water partition coefficient (Wildman–Crippen LogP) is 2.92. The molecule has 0 spiro atoms. The second-order valence-electron chi connectivity index (χ2n) is 9.93. The van der Waals surface area contributed by atoms with E-state index in [0.29, 0.717) is 12.0 Å². The van der Waals surface area contributed by atoms with Crippen molar-refractivity contribution in [3.63, 3.8) is 0 Å². The van der Waals surface area contributed by atoms with Crippen LogP contribution in [0.5, 0.6) is 5.75 Å². The number of phenolic OH excluding ortho intramolecular Hbond substituents is 1. The van der Waals surface area contributed by atoms with Crippen LogP contribution in [0.15, 0.2) is 72.8 Å². The fourth-order valence-electron chi connectivity index (χ4n) is 4.26. The van der Waals surface area contributed by atoms with E-state index in [1.54, 1.807) is 6.07 Å². The Morgan fingerprint density at radius 3 is 2.34 bits per heavy atom. The number of phenols is 1. The first-order valence-electron chi connectivity index (χ1n) is 12.4. The van der Waals surface area contributed by atoms with Crippen LogP contribution in [0.3, 0.4) is 0 Å². The third kappa shape index (κ3) is 8.58. The number of hydrogen-bond acceptors (Lipinski definition) is 6. The van der Waals surface area contributed by atoms with E-state index in [0.717, 1.165) is 16.7 Å². The van der Waals surface area contributed by atoms with Crippen LogP contribution in [0.25, 0.3) is 0 Å². The first-order chi connectivity index (χ1) is 18.1. The molecule has 3 aromatic carbocycles. The van der Waals surface area contributed by atoms with E-state index in [1.807, 2.05) is 68.4 Å². The first-order valence-corrected chi connectivity index (χ1v) is 12.4. The normalized spacial score (nSPS) is 12.9. The molecule has 0 fully saturated rings. The second-order valence-corrected chi connectivity index (χ2v) is 9.93. The minimum atomic E-state index is -0.887. The van der Waals surface area contributed by atoms with Crippen molar-refractivity contribution in [1.82, 2.24) is 10.6 Å². The number of aromatic hydroxyl groups is 1. The number of aliphatic hydroxyl groups is 2. The second kappa shape index (κ2) is 13.0. The molecule has 0 aromatic heterocycles. The van der Waals surface area contributed by atoms with E-state index < -0.39 is 18.2 Å². The molecular formula is C29H36N4O5. The molecule has 202 valence electrons. The number of hydrogen-bond donors (Lipinski definition) is 7. The zero-order valence-corrected chi connectivity index (χ0v) is 21.6. The summed E-state index contributed by atoms with van der Waals surface area (Å²) < 4.78 is 0. The van der Waals surface area contributed by atoms with Crippen molar-refractivity contribution in [1.29, 1.82) is 0 Å². The summed E-state index contributed by atoms with van der Waals surface area (Å²) in [5.74, 6) is -0.321.